The number of carbonyl (C=O) groups excluding carboxylic acids is 1. The molecule has 0 amide bonds. The molecule has 0 fully saturated rings. The number of carbonyl (C=O) groups is 1. The summed E-state index contributed by atoms with van der Waals surface area (Å²) in [6.07, 6.45) is 0.137. The number of esters is 1. The summed E-state index contributed by atoms with van der Waals surface area (Å²) in [4.78, 5) is 10.7. The van der Waals surface area contributed by atoms with Gasteiger partial charge in [0.05, 0.1) is 6.10 Å². The van der Waals surface area contributed by atoms with Gasteiger partial charge < -0.3 is 9.47 Å². The lowest BCUT2D eigenvalue weighted by Crippen LogP contribution is -2.42. The van der Waals surface area contributed by atoms with Crippen molar-refractivity contribution in [3.63, 3.8) is 0 Å². The largest absolute Gasteiger partial charge is 0.463 e. The summed E-state index contributed by atoms with van der Waals surface area (Å²) in [5, 5.41) is 0. The van der Waals surface area contributed by atoms with Crippen LogP contribution >= 0.6 is 0 Å². The Kier molecular flexibility index (Phi) is 5.13. The van der Waals surface area contributed by atoms with E-state index in [4.69, 9.17) is 9.47 Å². The van der Waals surface area contributed by atoms with E-state index in [2.05, 4.69) is 13.8 Å². The molecule has 0 aromatic rings. The predicted molar refractivity (Wildman–Crippen MR) is 56.1 cm³/mol. The molecule has 0 spiro atoms. The molecule has 3 heteroatoms. The third-order valence-corrected chi connectivity index (χ3v) is 2.29. The van der Waals surface area contributed by atoms with Crippen molar-refractivity contribution in [2.24, 2.45) is 5.92 Å². The smallest absolute Gasteiger partial charge is 0.302 e. The minimum atomic E-state index is -0.389. The number of hydrogen-bond acceptors (Lipinski definition) is 3. The highest BCUT2D eigenvalue weighted by Gasteiger charge is 2.31. The van der Waals surface area contributed by atoms with Crippen LogP contribution in [0.2, 0.25) is 0 Å². The highest BCUT2D eigenvalue weighted by atomic mass is 16.6. The number of ether oxygens (including phenoxy) is 2. The van der Waals surface area contributed by atoms with Crippen molar-refractivity contribution in [2.75, 3.05) is 6.61 Å². The zero-order valence-electron chi connectivity index (χ0n) is 10.1. The van der Waals surface area contributed by atoms with E-state index in [1.807, 2.05) is 20.8 Å². The van der Waals surface area contributed by atoms with E-state index in [1.54, 1.807) is 0 Å². The molecule has 0 bridgehead atoms. The Morgan fingerprint density at radius 1 is 1.29 bits per heavy atom. The first-order valence-electron chi connectivity index (χ1n) is 5.09. The average Bonchev–Trinajstić information content (AvgIpc) is 1.99. The molecule has 0 aliphatic rings. The van der Waals surface area contributed by atoms with E-state index in [9.17, 15) is 4.79 Å². The van der Waals surface area contributed by atoms with Gasteiger partial charge in [0, 0.05) is 6.92 Å². The quantitative estimate of drug-likeness (QED) is 0.642. The Morgan fingerprint density at radius 2 is 1.79 bits per heavy atom. The molecule has 0 aliphatic heterocycles. The van der Waals surface area contributed by atoms with Crippen molar-refractivity contribution in [1.29, 1.82) is 0 Å². The lowest BCUT2D eigenvalue weighted by Gasteiger charge is -2.34. The normalized spacial score (nSPS) is 15.7. The van der Waals surface area contributed by atoms with Crippen molar-refractivity contribution < 1.29 is 14.3 Å². The van der Waals surface area contributed by atoms with Crippen molar-refractivity contribution in [2.45, 2.75) is 53.2 Å². The maximum atomic E-state index is 10.7. The van der Waals surface area contributed by atoms with E-state index >= 15 is 0 Å². The molecule has 0 aliphatic carbocycles. The second-order valence-electron chi connectivity index (χ2n) is 4.41. The van der Waals surface area contributed by atoms with Gasteiger partial charge in [-0.25, -0.2) is 0 Å². The Morgan fingerprint density at radius 3 is 2.07 bits per heavy atom. The minimum absolute atomic E-state index is 0.137. The van der Waals surface area contributed by atoms with Gasteiger partial charge in [0.15, 0.2) is 0 Å². The molecule has 0 heterocycles. The van der Waals surface area contributed by atoms with Crippen LogP contribution in [0, 0.1) is 5.92 Å². The summed E-state index contributed by atoms with van der Waals surface area (Å²) >= 11 is 0. The van der Waals surface area contributed by atoms with Crippen LogP contribution in [0.15, 0.2) is 0 Å². The second kappa shape index (κ2) is 5.35. The Balaban J connectivity index is 4.31. The van der Waals surface area contributed by atoms with Crippen molar-refractivity contribution >= 4 is 5.97 Å². The van der Waals surface area contributed by atoms with E-state index in [-0.39, 0.29) is 17.7 Å². The molecular formula is C11H22O3. The number of hydrogen-bond donors (Lipinski definition) is 0. The summed E-state index contributed by atoms with van der Waals surface area (Å²) in [5.41, 5.74) is -0.389. The summed E-state index contributed by atoms with van der Waals surface area (Å²) in [5.74, 6) is 0.0495. The lowest BCUT2D eigenvalue weighted by molar-refractivity contribution is -0.163. The van der Waals surface area contributed by atoms with Crippen LogP contribution in [0.4, 0.5) is 0 Å². The van der Waals surface area contributed by atoms with E-state index in [0.717, 1.165) is 0 Å². The van der Waals surface area contributed by atoms with Gasteiger partial charge in [-0.15, -0.1) is 0 Å². The molecule has 84 valence electrons. The van der Waals surface area contributed by atoms with Gasteiger partial charge in [-0.05, 0) is 26.7 Å². The first-order chi connectivity index (χ1) is 6.28. The standard InChI is InChI=1S/C11H22O3/c1-8(2)11(6,14-9(3)4)7-13-10(5)12/h8-9H,7H2,1-6H3. The zero-order chi connectivity index (χ0) is 11.4. The van der Waals surface area contributed by atoms with Crippen LogP contribution in [0.1, 0.15) is 41.5 Å². The Bertz CT molecular complexity index is 187. The summed E-state index contributed by atoms with van der Waals surface area (Å²) < 4.78 is 10.8. The SMILES string of the molecule is CC(=O)OCC(C)(OC(C)C)C(C)C. The van der Waals surface area contributed by atoms with Gasteiger partial charge in [-0.2, -0.15) is 0 Å². The highest BCUT2D eigenvalue weighted by Crippen LogP contribution is 2.23. The van der Waals surface area contributed by atoms with Gasteiger partial charge in [0.25, 0.3) is 0 Å². The topological polar surface area (TPSA) is 35.5 Å². The zero-order valence-corrected chi connectivity index (χ0v) is 10.1. The second-order valence-corrected chi connectivity index (χ2v) is 4.41. The average molecular weight is 202 g/mol. The molecule has 14 heavy (non-hydrogen) atoms. The van der Waals surface area contributed by atoms with Crippen LogP contribution in [-0.4, -0.2) is 24.3 Å². The first-order valence-corrected chi connectivity index (χ1v) is 5.09. The van der Waals surface area contributed by atoms with Crippen LogP contribution in [0.3, 0.4) is 0 Å². The first kappa shape index (κ1) is 13.4. The molecule has 0 aromatic heterocycles. The Hall–Kier alpha value is -0.570. The van der Waals surface area contributed by atoms with Gasteiger partial charge >= 0.3 is 5.97 Å². The fourth-order valence-electron chi connectivity index (χ4n) is 1.12. The highest BCUT2D eigenvalue weighted by molar-refractivity contribution is 5.65. The molecule has 1 unspecified atom stereocenters. The third kappa shape index (κ3) is 4.61. The van der Waals surface area contributed by atoms with Crippen LogP contribution in [-0.2, 0) is 14.3 Å². The van der Waals surface area contributed by atoms with Gasteiger partial charge in [-0.3, -0.25) is 4.79 Å². The molecule has 0 saturated carbocycles. The third-order valence-electron chi connectivity index (χ3n) is 2.29. The fraction of sp³-hybridized carbons (Fsp3) is 0.909. The van der Waals surface area contributed by atoms with Gasteiger partial charge in [-0.1, -0.05) is 13.8 Å². The molecule has 3 nitrogen and oxygen atoms in total. The minimum Gasteiger partial charge on any atom is -0.463 e. The summed E-state index contributed by atoms with van der Waals surface area (Å²) in [7, 11) is 0. The molecule has 0 rings (SSSR count). The Labute approximate surface area is 86.8 Å². The van der Waals surface area contributed by atoms with Gasteiger partial charge in [0.2, 0.25) is 0 Å². The lowest BCUT2D eigenvalue weighted by atomic mass is 9.93. The monoisotopic (exact) mass is 202 g/mol. The van der Waals surface area contributed by atoms with Crippen LogP contribution in [0.5, 0.6) is 0 Å². The van der Waals surface area contributed by atoms with Crippen molar-refractivity contribution in [3.05, 3.63) is 0 Å². The molecule has 0 N–H and O–H groups in total. The fourth-order valence-corrected chi connectivity index (χ4v) is 1.12. The van der Waals surface area contributed by atoms with E-state index < -0.39 is 0 Å². The molecular weight excluding hydrogens is 180 g/mol. The molecule has 0 aromatic carbocycles. The molecule has 0 saturated heterocycles. The summed E-state index contributed by atoms with van der Waals surface area (Å²) in [6, 6.07) is 0. The summed E-state index contributed by atoms with van der Waals surface area (Å²) in [6.45, 7) is 11.8. The van der Waals surface area contributed by atoms with E-state index in [1.165, 1.54) is 6.92 Å². The number of rotatable bonds is 5. The van der Waals surface area contributed by atoms with Gasteiger partial charge in [0.1, 0.15) is 12.2 Å². The maximum Gasteiger partial charge on any atom is 0.302 e. The van der Waals surface area contributed by atoms with Crippen molar-refractivity contribution in [1.82, 2.24) is 0 Å². The van der Waals surface area contributed by atoms with E-state index in [0.29, 0.717) is 12.5 Å². The molecule has 1 atom stereocenters. The van der Waals surface area contributed by atoms with Crippen molar-refractivity contribution in [3.8, 4) is 0 Å². The predicted octanol–water partition coefficient (Wildman–Crippen LogP) is 2.39. The maximum absolute atomic E-state index is 10.7. The molecule has 0 radical (unpaired) electrons. The van der Waals surface area contributed by atoms with Crippen LogP contribution < -0.4 is 0 Å². The van der Waals surface area contributed by atoms with Crippen LogP contribution in [0.25, 0.3) is 0 Å².